The van der Waals surface area contributed by atoms with Crippen molar-refractivity contribution >= 4 is 22.8 Å². The highest BCUT2D eigenvalue weighted by Gasteiger charge is 2.39. The van der Waals surface area contributed by atoms with Crippen LogP contribution < -0.4 is 0 Å². The predicted octanol–water partition coefficient (Wildman–Crippen LogP) is 6.31. The van der Waals surface area contributed by atoms with Crippen LogP contribution in [0, 0.1) is 17.2 Å². The van der Waals surface area contributed by atoms with Crippen molar-refractivity contribution in [1.82, 2.24) is 9.80 Å². The molecule has 0 unspecified atom stereocenters. The molecule has 1 aliphatic heterocycles. The monoisotopic (exact) mass is 503 g/mol. The summed E-state index contributed by atoms with van der Waals surface area (Å²) in [5.41, 5.74) is 3.08. The molecule has 4 aromatic rings. The summed E-state index contributed by atoms with van der Waals surface area (Å²) < 4.78 is 0. The molecular formula is C32H29N3O3. The van der Waals surface area contributed by atoms with Gasteiger partial charge in [-0.15, -0.1) is 0 Å². The molecule has 0 bridgehead atoms. The Morgan fingerprint density at radius 1 is 0.947 bits per heavy atom. The van der Waals surface area contributed by atoms with Crippen LogP contribution >= 0.6 is 0 Å². The lowest BCUT2D eigenvalue weighted by Crippen LogP contribution is -2.38. The summed E-state index contributed by atoms with van der Waals surface area (Å²) in [5.74, 6) is -0.185. The van der Waals surface area contributed by atoms with Crippen LogP contribution in [0.25, 0.3) is 10.8 Å². The van der Waals surface area contributed by atoms with E-state index in [1.54, 1.807) is 24.3 Å². The van der Waals surface area contributed by atoms with Gasteiger partial charge in [-0.1, -0.05) is 72.8 Å². The van der Waals surface area contributed by atoms with Crippen LogP contribution in [0.4, 0.5) is 4.79 Å². The zero-order valence-corrected chi connectivity index (χ0v) is 21.2. The molecule has 38 heavy (non-hydrogen) atoms. The second kappa shape index (κ2) is 10.8. The number of carbonyl (C=O) groups is 2. The quantitative estimate of drug-likeness (QED) is 0.334. The number of likely N-dealkylation sites (tertiary alicyclic amines) is 1. The minimum absolute atomic E-state index is 0.0000919. The van der Waals surface area contributed by atoms with Gasteiger partial charge in [-0.25, -0.2) is 4.79 Å². The van der Waals surface area contributed by atoms with E-state index in [1.165, 1.54) is 4.90 Å². The first kappa shape index (κ1) is 25.0. The van der Waals surface area contributed by atoms with Crippen LogP contribution in [-0.4, -0.2) is 46.5 Å². The van der Waals surface area contributed by atoms with Crippen LogP contribution in [-0.2, 0) is 0 Å². The number of hydrogen-bond donors (Lipinski definition) is 1. The highest BCUT2D eigenvalue weighted by atomic mass is 16.4. The summed E-state index contributed by atoms with van der Waals surface area (Å²) in [5, 5.41) is 21.5. The average molecular weight is 504 g/mol. The Morgan fingerprint density at radius 3 is 2.34 bits per heavy atom. The van der Waals surface area contributed by atoms with Crippen LogP contribution in [0.5, 0.6) is 0 Å². The summed E-state index contributed by atoms with van der Waals surface area (Å²) in [6.45, 7) is 3.19. The number of fused-ring (bicyclic) bond motifs is 1. The number of benzene rings is 4. The summed E-state index contributed by atoms with van der Waals surface area (Å²) in [6, 6.07) is 32.4. The lowest BCUT2D eigenvalue weighted by Gasteiger charge is -2.31. The summed E-state index contributed by atoms with van der Waals surface area (Å²) in [4.78, 5) is 29.3. The molecule has 0 radical (unpaired) electrons. The molecule has 190 valence electrons. The lowest BCUT2D eigenvalue weighted by atomic mass is 9.88. The van der Waals surface area contributed by atoms with Crippen molar-refractivity contribution < 1.29 is 14.7 Å². The van der Waals surface area contributed by atoms with Gasteiger partial charge in [0.2, 0.25) is 0 Å². The molecule has 0 saturated carbocycles. The number of rotatable bonds is 6. The zero-order chi connectivity index (χ0) is 26.6. The fraction of sp³-hybridized carbons (Fsp3) is 0.219. The third kappa shape index (κ3) is 4.96. The molecule has 1 saturated heterocycles. The van der Waals surface area contributed by atoms with Gasteiger partial charge in [0, 0.05) is 37.0 Å². The fourth-order valence-electron chi connectivity index (χ4n) is 5.61. The second-order valence-corrected chi connectivity index (χ2v) is 9.86. The third-order valence-corrected chi connectivity index (χ3v) is 7.63. The van der Waals surface area contributed by atoms with Gasteiger partial charge < -0.3 is 14.9 Å². The number of nitriles is 1. The average Bonchev–Trinajstić information content (AvgIpc) is 3.39. The first-order chi connectivity index (χ1) is 18.5. The van der Waals surface area contributed by atoms with E-state index in [1.807, 2.05) is 84.6 Å². The van der Waals surface area contributed by atoms with E-state index in [9.17, 15) is 14.7 Å². The van der Waals surface area contributed by atoms with Crippen molar-refractivity contribution in [2.45, 2.75) is 18.9 Å². The van der Waals surface area contributed by atoms with Gasteiger partial charge in [0.15, 0.2) is 0 Å². The van der Waals surface area contributed by atoms with E-state index in [4.69, 9.17) is 5.26 Å². The third-order valence-electron chi connectivity index (χ3n) is 7.63. The molecule has 2 amide bonds. The van der Waals surface area contributed by atoms with E-state index in [-0.39, 0.29) is 23.8 Å². The summed E-state index contributed by atoms with van der Waals surface area (Å²) in [6.07, 6.45) is -0.978. The predicted molar refractivity (Wildman–Crippen MR) is 147 cm³/mol. The molecule has 0 aromatic heterocycles. The molecule has 1 aliphatic rings. The van der Waals surface area contributed by atoms with Crippen LogP contribution in [0.2, 0.25) is 0 Å². The largest absolute Gasteiger partial charge is 0.465 e. The van der Waals surface area contributed by atoms with Crippen molar-refractivity contribution in [3.8, 4) is 6.07 Å². The molecule has 4 aromatic carbocycles. The number of carboxylic acid groups (broad SMARTS) is 1. The van der Waals surface area contributed by atoms with Crippen LogP contribution in [0.15, 0.2) is 97.1 Å². The Labute approximate surface area is 222 Å². The van der Waals surface area contributed by atoms with Gasteiger partial charge in [0.1, 0.15) is 0 Å². The first-order valence-electron chi connectivity index (χ1n) is 12.8. The van der Waals surface area contributed by atoms with E-state index >= 15 is 0 Å². The molecule has 6 nitrogen and oxygen atoms in total. The van der Waals surface area contributed by atoms with Crippen molar-refractivity contribution in [2.75, 3.05) is 19.6 Å². The molecule has 0 aliphatic carbocycles. The molecule has 5 rings (SSSR count). The second-order valence-electron chi connectivity index (χ2n) is 9.86. The number of nitrogens with zero attached hydrogens (tertiary/aromatic N) is 3. The topological polar surface area (TPSA) is 84.6 Å². The highest BCUT2D eigenvalue weighted by Crippen LogP contribution is 2.36. The Balaban J connectivity index is 1.44. The van der Waals surface area contributed by atoms with Gasteiger partial charge in [-0.05, 0) is 53.1 Å². The molecule has 1 N–H and O–H groups in total. The number of carbonyl (C=O) groups excluding carboxylic acids is 1. The first-order valence-corrected chi connectivity index (χ1v) is 12.8. The molecule has 3 atom stereocenters. The van der Waals surface area contributed by atoms with Crippen molar-refractivity contribution in [1.29, 1.82) is 5.26 Å². The summed E-state index contributed by atoms with van der Waals surface area (Å²) in [7, 11) is 0. The van der Waals surface area contributed by atoms with Gasteiger partial charge >= 0.3 is 6.09 Å². The zero-order valence-electron chi connectivity index (χ0n) is 21.2. The standard InChI is InChI=1S/C32H29N3O3/c1-22(28-13-7-11-24-10-5-6-12-29(24)28)35(32(37)38)20-27-19-34(21-30(27)25-8-3-2-4-9-25)31(36)26-16-14-23(18-33)15-17-26/h2-17,22,27,30H,19-21H2,1H3,(H,37,38)/t22-,27-,30-/m1/s1. The van der Waals surface area contributed by atoms with Crippen molar-refractivity contribution in [3.05, 3.63) is 119 Å². The molecule has 6 heteroatoms. The maximum absolute atomic E-state index is 13.4. The molecule has 1 fully saturated rings. The number of hydrogen-bond acceptors (Lipinski definition) is 3. The number of amides is 2. The molecule has 1 heterocycles. The Hall–Kier alpha value is -4.63. The summed E-state index contributed by atoms with van der Waals surface area (Å²) >= 11 is 0. The van der Waals surface area contributed by atoms with Crippen molar-refractivity contribution in [3.63, 3.8) is 0 Å². The van der Waals surface area contributed by atoms with Crippen molar-refractivity contribution in [2.24, 2.45) is 5.92 Å². The maximum Gasteiger partial charge on any atom is 0.407 e. The molecular weight excluding hydrogens is 474 g/mol. The van der Waals surface area contributed by atoms with Gasteiger partial charge in [0.05, 0.1) is 17.7 Å². The van der Waals surface area contributed by atoms with Gasteiger partial charge in [0.25, 0.3) is 5.91 Å². The van der Waals surface area contributed by atoms with E-state index in [2.05, 4.69) is 6.07 Å². The highest BCUT2D eigenvalue weighted by molar-refractivity contribution is 5.94. The fourth-order valence-corrected chi connectivity index (χ4v) is 5.61. The van der Waals surface area contributed by atoms with Crippen LogP contribution in [0.1, 0.15) is 45.9 Å². The van der Waals surface area contributed by atoms with Gasteiger partial charge in [-0.2, -0.15) is 5.26 Å². The SMILES string of the molecule is C[C@H](c1cccc2ccccc12)N(C[C@H]1CN(C(=O)c2ccc(C#N)cc2)C[C@@H]1c1ccccc1)C(=O)O. The van der Waals surface area contributed by atoms with Crippen LogP contribution in [0.3, 0.4) is 0 Å². The Bertz CT molecular complexity index is 1490. The minimum Gasteiger partial charge on any atom is -0.465 e. The van der Waals surface area contributed by atoms with E-state index in [0.29, 0.717) is 30.8 Å². The minimum atomic E-state index is -0.978. The lowest BCUT2D eigenvalue weighted by molar-refractivity contribution is 0.0780. The maximum atomic E-state index is 13.4. The van der Waals surface area contributed by atoms with Gasteiger partial charge in [-0.3, -0.25) is 4.79 Å². The van der Waals surface area contributed by atoms with E-state index in [0.717, 1.165) is 21.9 Å². The smallest absolute Gasteiger partial charge is 0.407 e. The van der Waals surface area contributed by atoms with E-state index < -0.39 is 6.09 Å². The Morgan fingerprint density at radius 2 is 1.63 bits per heavy atom. The normalized spacial score (nSPS) is 17.6. The Kier molecular flexibility index (Phi) is 7.10. The molecule has 0 spiro atoms.